The number of amides is 2. The molecule has 1 unspecified atom stereocenters. The molecule has 2 amide bonds. The Bertz CT molecular complexity index is 1770. The molecule has 2 atom stereocenters. The van der Waals surface area contributed by atoms with Gasteiger partial charge in [-0.25, -0.2) is 4.39 Å². The first-order chi connectivity index (χ1) is 20.7. The summed E-state index contributed by atoms with van der Waals surface area (Å²) in [6.45, 7) is 4.95. The van der Waals surface area contributed by atoms with Gasteiger partial charge in [0.15, 0.2) is 0 Å². The second-order valence-corrected chi connectivity index (χ2v) is 12.3. The number of alkyl halides is 3. The topological polar surface area (TPSA) is 111 Å². The number of pyridine rings is 1. The largest absolute Gasteiger partial charge is 0.416 e. The number of likely N-dealkylation sites (tertiary alicyclic amines) is 1. The van der Waals surface area contributed by atoms with Crippen molar-refractivity contribution in [2.45, 2.75) is 57.3 Å². The number of aromatic amines is 1. The van der Waals surface area contributed by atoms with E-state index in [4.69, 9.17) is 0 Å². The summed E-state index contributed by atoms with van der Waals surface area (Å²) in [7, 11) is 0. The molecule has 0 aliphatic carbocycles. The molecule has 2 aliphatic rings. The van der Waals surface area contributed by atoms with Crippen LogP contribution in [-0.4, -0.2) is 50.1 Å². The minimum atomic E-state index is -4.46. The zero-order valence-electron chi connectivity index (χ0n) is 24.1. The van der Waals surface area contributed by atoms with Gasteiger partial charge in [0, 0.05) is 59.9 Å². The van der Waals surface area contributed by atoms with Crippen molar-refractivity contribution in [2.24, 2.45) is 5.41 Å². The number of aromatic nitrogens is 3. The number of nitrogens with zero attached hydrogens (tertiary/aromatic N) is 3. The van der Waals surface area contributed by atoms with Crippen molar-refractivity contribution in [3.8, 4) is 11.3 Å². The van der Waals surface area contributed by atoms with Crippen LogP contribution >= 0.6 is 0 Å². The van der Waals surface area contributed by atoms with E-state index in [1.165, 1.54) is 12.3 Å². The van der Waals surface area contributed by atoms with E-state index in [1.54, 1.807) is 30.3 Å². The Balaban J connectivity index is 1.22. The maximum Gasteiger partial charge on any atom is 0.416 e. The summed E-state index contributed by atoms with van der Waals surface area (Å²) in [6, 6.07) is 11.5. The fourth-order valence-electron chi connectivity index (χ4n) is 6.45. The molecule has 8 nitrogen and oxygen atoms in total. The number of H-pyrrole nitrogens is 1. The van der Waals surface area contributed by atoms with Gasteiger partial charge in [0.05, 0.1) is 28.3 Å². The van der Waals surface area contributed by atoms with E-state index < -0.39 is 40.4 Å². The lowest BCUT2D eigenvalue weighted by molar-refractivity contribution is -0.137. The molecule has 12 heteroatoms. The van der Waals surface area contributed by atoms with Gasteiger partial charge in [-0.1, -0.05) is 32.0 Å². The Hall–Kier alpha value is -4.16. The minimum Gasteiger partial charge on any atom is -0.384 e. The molecule has 0 saturated carbocycles. The molecule has 4 heterocycles. The van der Waals surface area contributed by atoms with Crippen molar-refractivity contribution < 1.29 is 32.3 Å². The van der Waals surface area contributed by atoms with Crippen molar-refractivity contribution >= 4 is 22.7 Å². The first kappa shape index (κ1) is 29.9. The van der Waals surface area contributed by atoms with Crippen LogP contribution in [0.2, 0.25) is 0 Å². The number of carbonyl (C=O) groups excluding carboxylic acids is 2. The SMILES string of the molecule is CC1(C)CN(Cc2cc(-c3cccc(C(F)(F)F)c3)n[nH]2)CC[C@]1(O)c1ccc2ncc(C3CCC(=O)NC3=O)cc2c1F. The molecule has 2 fully saturated rings. The molecule has 2 aromatic heterocycles. The lowest BCUT2D eigenvalue weighted by Gasteiger charge is -2.50. The second-order valence-electron chi connectivity index (χ2n) is 12.3. The van der Waals surface area contributed by atoms with Crippen LogP contribution in [0.4, 0.5) is 17.6 Å². The minimum absolute atomic E-state index is 0.144. The van der Waals surface area contributed by atoms with E-state index in [2.05, 4.69) is 25.4 Å². The van der Waals surface area contributed by atoms with Crippen molar-refractivity contribution in [3.05, 3.63) is 82.9 Å². The summed E-state index contributed by atoms with van der Waals surface area (Å²) in [5.74, 6) is -2.00. The fraction of sp³-hybridized carbons (Fsp3) is 0.375. The monoisotopic (exact) mass is 609 g/mol. The molecule has 2 aliphatic heterocycles. The molecule has 0 spiro atoms. The summed E-state index contributed by atoms with van der Waals surface area (Å²) in [5, 5.41) is 21.7. The maximum atomic E-state index is 16.2. The third kappa shape index (κ3) is 5.36. The molecule has 230 valence electrons. The Morgan fingerprint density at radius 3 is 2.64 bits per heavy atom. The highest BCUT2D eigenvalue weighted by Crippen LogP contribution is 2.48. The number of imide groups is 1. The van der Waals surface area contributed by atoms with Gasteiger partial charge < -0.3 is 5.11 Å². The van der Waals surface area contributed by atoms with Crippen LogP contribution in [0.5, 0.6) is 0 Å². The summed E-state index contributed by atoms with van der Waals surface area (Å²) >= 11 is 0. The Morgan fingerprint density at radius 2 is 1.91 bits per heavy atom. The number of piperidine rings is 2. The molecule has 0 bridgehead atoms. The highest BCUT2D eigenvalue weighted by atomic mass is 19.4. The Labute approximate surface area is 250 Å². The first-order valence-corrected chi connectivity index (χ1v) is 14.3. The average Bonchev–Trinajstić information content (AvgIpc) is 3.43. The van der Waals surface area contributed by atoms with E-state index in [9.17, 15) is 27.9 Å². The smallest absolute Gasteiger partial charge is 0.384 e. The number of hydrogen-bond acceptors (Lipinski definition) is 6. The molecule has 2 aromatic carbocycles. The van der Waals surface area contributed by atoms with Crippen LogP contribution in [0.1, 0.15) is 61.4 Å². The lowest BCUT2D eigenvalue weighted by Crippen LogP contribution is -2.55. The number of fused-ring (bicyclic) bond motifs is 1. The zero-order valence-corrected chi connectivity index (χ0v) is 24.1. The second kappa shape index (κ2) is 10.8. The number of carbonyl (C=O) groups is 2. The van der Waals surface area contributed by atoms with Gasteiger partial charge in [-0.15, -0.1) is 0 Å². The summed E-state index contributed by atoms with van der Waals surface area (Å²) in [4.78, 5) is 30.4. The molecule has 2 saturated heterocycles. The normalized spacial score (nSPS) is 22.8. The van der Waals surface area contributed by atoms with Gasteiger partial charge in [-0.2, -0.15) is 18.3 Å². The number of aliphatic hydroxyl groups is 1. The molecular weight excluding hydrogens is 578 g/mol. The summed E-state index contributed by atoms with van der Waals surface area (Å²) in [5.41, 5.74) is -0.615. The van der Waals surface area contributed by atoms with Crippen LogP contribution in [0.3, 0.4) is 0 Å². The predicted octanol–water partition coefficient (Wildman–Crippen LogP) is 5.42. The van der Waals surface area contributed by atoms with Crippen molar-refractivity contribution in [3.63, 3.8) is 0 Å². The Morgan fingerprint density at radius 1 is 1.11 bits per heavy atom. The van der Waals surface area contributed by atoms with Gasteiger partial charge >= 0.3 is 6.18 Å². The van der Waals surface area contributed by atoms with E-state index >= 15 is 4.39 Å². The van der Waals surface area contributed by atoms with E-state index in [-0.39, 0.29) is 29.7 Å². The lowest BCUT2D eigenvalue weighted by atomic mass is 9.66. The molecule has 3 N–H and O–H groups in total. The molecule has 6 rings (SSSR count). The van der Waals surface area contributed by atoms with Crippen molar-refractivity contribution in [1.82, 2.24) is 25.4 Å². The average molecular weight is 610 g/mol. The Kier molecular flexibility index (Phi) is 7.32. The standard InChI is InChI=1S/C32H31F4N5O3/c1-30(2)17-41(16-21-14-26(40-39-21)18-4-3-5-20(12-18)32(34,35)36)11-10-31(30,44)24-7-8-25-23(28(24)33)13-19(15-37-25)22-6-9-27(42)38-29(22)43/h3-5,7-8,12-15,22,44H,6,9-11,16-17H2,1-2H3,(H,39,40)(H,38,42,43)/t22?,31-/m0/s1. The first-order valence-electron chi connectivity index (χ1n) is 14.3. The van der Waals surface area contributed by atoms with Gasteiger partial charge in [0.2, 0.25) is 11.8 Å². The third-order valence-electron chi connectivity index (χ3n) is 8.95. The van der Waals surface area contributed by atoms with E-state index in [1.807, 2.05) is 13.8 Å². The molecule has 44 heavy (non-hydrogen) atoms. The maximum absolute atomic E-state index is 16.2. The highest BCUT2D eigenvalue weighted by Gasteiger charge is 2.50. The number of benzene rings is 2. The van der Waals surface area contributed by atoms with Crippen molar-refractivity contribution in [2.75, 3.05) is 13.1 Å². The third-order valence-corrected chi connectivity index (χ3v) is 8.95. The van der Waals surface area contributed by atoms with Gasteiger partial charge in [-0.05, 0) is 48.7 Å². The van der Waals surface area contributed by atoms with Gasteiger partial charge in [0.1, 0.15) is 5.82 Å². The molecule has 0 radical (unpaired) electrons. The van der Waals surface area contributed by atoms with Crippen LogP contribution < -0.4 is 5.32 Å². The van der Waals surface area contributed by atoms with Crippen LogP contribution in [0.25, 0.3) is 22.2 Å². The van der Waals surface area contributed by atoms with Crippen molar-refractivity contribution in [1.29, 1.82) is 0 Å². The van der Waals surface area contributed by atoms with Crippen LogP contribution in [0, 0.1) is 11.2 Å². The van der Waals surface area contributed by atoms with Gasteiger partial charge in [-0.3, -0.25) is 29.9 Å². The number of nitrogens with one attached hydrogen (secondary N) is 2. The summed E-state index contributed by atoms with van der Waals surface area (Å²) in [6.07, 6.45) is -2.22. The number of rotatable bonds is 5. The summed E-state index contributed by atoms with van der Waals surface area (Å²) < 4.78 is 55.7. The van der Waals surface area contributed by atoms with E-state index in [0.717, 1.165) is 12.1 Å². The predicted molar refractivity (Wildman–Crippen MR) is 153 cm³/mol. The molecule has 4 aromatic rings. The van der Waals surface area contributed by atoms with E-state index in [0.29, 0.717) is 54.1 Å². The number of halogens is 4. The zero-order chi connectivity index (χ0) is 31.4. The van der Waals surface area contributed by atoms with Gasteiger partial charge in [0.25, 0.3) is 0 Å². The van der Waals surface area contributed by atoms with Crippen LogP contribution in [0.15, 0.2) is 54.7 Å². The quantitative estimate of drug-likeness (QED) is 0.206. The fourth-order valence-corrected chi connectivity index (χ4v) is 6.45. The highest BCUT2D eigenvalue weighted by molar-refractivity contribution is 6.01. The number of hydrogen-bond donors (Lipinski definition) is 3. The molecular formula is C32H31F4N5O3. The van der Waals surface area contributed by atoms with Crippen LogP contribution in [-0.2, 0) is 27.9 Å².